The van der Waals surface area contributed by atoms with Crippen LogP contribution in [-0.4, -0.2) is 22.5 Å². The predicted octanol–water partition coefficient (Wildman–Crippen LogP) is 3.46. The standard InChI is InChI=1S/C19H22N2/c1-2-4-18-12-19-6-5-16(11-17(18)3-1)14-21(19)13-15-7-9-20-10-8-15/h1-4,7-10,16,19H,5-6,11-14H2/t16-,19+/m0/s1. The second-order valence-corrected chi connectivity index (χ2v) is 6.56. The third-order valence-electron chi connectivity index (χ3n) is 5.13. The largest absolute Gasteiger partial charge is 0.296 e. The number of fused-ring (bicyclic) bond motifs is 2. The quantitative estimate of drug-likeness (QED) is 0.836. The smallest absolute Gasteiger partial charge is 0.0271 e. The van der Waals surface area contributed by atoms with E-state index in [4.69, 9.17) is 0 Å². The van der Waals surface area contributed by atoms with Crippen molar-refractivity contribution in [1.29, 1.82) is 0 Å². The second kappa shape index (κ2) is 5.61. The van der Waals surface area contributed by atoms with Gasteiger partial charge < -0.3 is 0 Å². The third kappa shape index (κ3) is 2.73. The lowest BCUT2D eigenvalue weighted by Crippen LogP contribution is -2.46. The molecule has 1 aromatic carbocycles. The van der Waals surface area contributed by atoms with E-state index < -0.39 is 0 Å². The van der Waals surface area contributed by atoms with E-state index in [-0.39, 0.29) is 0 Å². The van der Waals surface area contributed by atoms with Crippen LogP contribution in [0.25, 0.3) is 0 Å². The highest BCUT2D eigenvalue weighted by Crippen LogP contribution is 2.32. The first kappa shape index (κ1) is 13.0. The maximum atomic E-state index is 4.13. The zero-order chi connectivity index (χ0) is 14.1. The van der Waals surface area contributed by atoms with E-state index in [1.165, 1.54) is 37.8 Å². The summed E-state index contributed by atoms with van der Waals surface area (Å²) in [4.78, 5) is 6.84. The Morgan fingerprint density at radius 2 is 1.71 bits per heavy atom. The normalized spacial score (nSPS) is 25.1. The molecular weight excluding hydrogens is 256 g/mol. The number of rotatable bonds is 2. The van der Waals surface area contributed by atoms with Crippen molar-refractivity contribution >= 4 is 0 Å². The van der Waals surface area contributed by atoms with Crippen LogP contribution in [0.2, 0.25) is 0 Å². The minimum Gasteiger partial charge on any atom is -0.296 e. The van der Waals surface area contributed by atoms with Crippen LogP contribution in [0.15, 0.2) is 48.8 Å². The molecule has 0 N–H and O–H groups in total. The molecule has 1 saturated heterocycles. The molecule has 5 rings (SSSR count). The van der Waals surface area contributed by atoms with Gasteiger partial charge in [0.1, 0.15) is 0 Å². The molecule has 0 amide bonds. The van der Waals surface area contributed by atoms with E-state index >= 15 is 0 Å². The molecule has 2 atom stereocenters. The molecular formula is C19H22N2. The third-order valence-corrected chi connectivity index (χ3v) is 5.13. The van der Waals surface area contributed by atoms with Crippen molar-refractivity contribution in [3.05, 3.63) is 65.5 Å². The average Bonchev–Trinajstić information content (AvgIpc) is 2.49. The Kier molecular flexibility index (Phi) is 3.48. The van der Waals surface area contributed by atoms with E-state index in [2.05, 4.69) is 46.3 Å². The number of aromatic nitrogens is 1. The molecule has 0 unspecified atom stereocenters. The lowest BCUT2D eigenvalue weighted by atomic mass is 9.80. The molecule has 2 bridgehead atoms. The second-order valence-electron chi connectivity index (χ2n) is 6.56. The summed E-state index contributed by atoms with van der Waals surface area (Å²) in [7, 11) is 0. The van der Waals surface area contributed by atoms with Crippen molar-refractivity contribution in [1.82, 2.24) is 9.88 Å². The van der Waals surface area contributed by atoms with Crippen molar-refractivity contribution in [2.75, 3.05) is 6.54 Å². The van der Waals surface area contributed by atoms with Gasteiger partial charge in [0.25, 0.3) is 0 Å². The van der Waals surface area contributed by atoms with Crippen molar-refractivity contribution in [3.63, 3.8) is 0 Å². The molecule has 0 spiro atoms. The van der Waals surface area contributed by atoms with E-state index in [1.807, 2.05) is 12.4 Å². The van der Waals surface area contributed by atoms with Crippen molar-refractivity contribution < 1.29 is 0 Å². The van der Waals surface area contributed by atoms with Crippen LogP contribution in [0.1, 0.15) is 29.5 Å². The van der Waals surface area contributed by atoms with Gasteiger partial charge in [-0.05, 0) is 60.4 Å². The van der Waals surface area contributed by atoms with E-state index in [1.54, 1.807) is 11.1 Å². The van der Waals surface area contributed by atoms with Crippen LogP contribution in [0.5, 0.6) is 0 Å². The molecule has 1 fully saturated rings. The van der Waals surface area contributed by atoms with E-state index in [0.29, 0.717) is 6.04 Å². The molecule has 2 nitrogen and oxygen atoms in total. The van der Waals surface area contributed by atoms with E-state index in [0.717, 1.165) is 12.5 Å². The Morgan fingerprint density at radius 3 is 2.52 bits per heavy atom. The van der Waals surface area contributed by atoms with Gasteiger partial charge in [0.2, 0.25) is 0 Å². The molecule has 2 heteroatoms. The number of piperidine rings is 1. The highest BCUT2D eigenvalue weighted by atomic mass is 15.2. The lowest BCUT2D eigenvalue weighted by Gasteiger charge is -2.42. The van der Waals surface area contributed by atoms with Crippen molar-refractivity contribution in [3.8, 4) is 0 Å². The average molecular weight is 278 g/mol. The zero-order valence-corrected chi connectivity index (χ0v) is 12.4. The number of benzene rings is 1. The summed E-state index contributed by atoms with van der Waals surface area (Å²) >= 11 is 0. The van der Waals surface area contributed by atoms with Gasteiger partial charge in [0.05, 0.1) is 0 Å². The summed E-state index contributed by atoms with van der Waals surface area (Å²) < 4.78 is 0. The molecule has 21 heavy (non-hydrogen) atoms. The molecule has 108 valence electrons. The van der Waals surface area contributed by atoms with Crippen molar-refractivity contribution in [2.45, 2.75) is 38.3 Å². The van der Waals surface area contributed by atoms with Crippen LogP contribution >= 0.6 is 0 Å². The highest BCUT2D eigenvalue weighted by Gasteiger charge is 2.31. The number of hydrogen-bond donors (Lipinski definition) is 0. The van der Waals surface area contributed by atoms with Crippen molar-refractivity contribution in [2.24, 2.45) is 5.92 Å². The monoisotopic (exact) mass is 278 g/mol. The van der Waals surface area contributed by atoms with Gasteiger partial charge >= 0.3 is 0 Å². The van der Waals surface area contributed by atoms with Gasteiger partial charge in [-0.1, -0.05) is 24.3 Å². The lowest BCUT2D eigenvalue weighted by molar-refractivity contribution is 0.0938. The number of nitrogens with zero attached hydrogens (tertiary/aromatic N) is 2. The summed E-state index contributed by atoms with van der Waals surface area (Å²) in [6.45, 7) is 2.33. The maximum absolute atomic E-state index is 4.13. The SMILES string of the molecule is c1ccc2c(c1)C[C@@H]1CC[C@H](C2)N(Cc2ccncc2)C1. The summed E-state index contributed by atoms with van der Waals surface area (Å²) in [5, 5.41) is 0. The molecule has 2 aliphatic heterocycles. The van der Waals surface area contributed by atoms with Crippen LogP contribution < -0.4 is 0 Å². The van der Waals surface area contributed by atoms with Crippen LogP contribution in [0, 0.1) is 5.92 Å². The summed E-state index contributed by atoms with van der Waals surface area (Å²) in [5.74, 6) is 0.824. The van der Waals surface area contributed by atoms with Crippen LogP contribution in [0.4, 0.5) is 0 Å². The topological polar surface area (TPSA) is 16.1 Å². The van der Waals surface area contributed by atoms with Gasteiger partial charge in [0, 0.05) is 31.5 Å². The predicted molar refractivity (Wildman–Crippen MR) is 85.0 cm³/mol. The minimum atomic E-state index is 0.705. The van der Waals surface area contributed by atoms with Gasteiger partial charge in [0.15, 0.2) is 0 Å². The van der Waals surface area contributed by atoms with E-state index in [9.17, 15) is 0 Å². The summed E-state index contributed by atoms with van der Waals surface area (Å²) in [6.07, 6.45) is 9.04. The first-order valence-corrected chi connectivity index (χ1v) is 8.08. The first-order valence-electron chi connectivity index (χ1n) is 8.08. The fraction of sp³-hybridized carbons (Fsp3) is 0.421. The highest BCUT2D eigenvalue weighted by molar-refractivity contribution is 5.30. The molecule has 3 heterocycles. The maximum Gasteiger partial charge on any atom is 0.0271 e. The van der Waals surface area contributed by atoms with Crippen LogP contribution in [0.3, 0.4) is 0 Å². The molecule has 1 aliphatic carbocycles. The molecule has 0 saturated carbocycles. The Morgan fingerprint density at radius 1 is 0.952 bits per heavy atom. The molecule has 2 aromatic rings. The summed E-state index contributed by atoms with van der Waals surface area (Å²) in [5.41, 5.74) is 4.56. The first-order chi connectivity index (χ1) is 10.4. The van der Waals surface area contributed by atoms with Gasteiger partial charge in [-0.15, -0.1) is 0 Å². The van der Waals surface area contributed by atoms with Gasteiger partial charge in [-0.2, -0.15) is 0 Å². The Hall–Kier alpha value is -1.67. The Labute approximate surface area is 126 Å². The van der Waals surface area contributed by atoms with Gasteiger partial charge in [-0.3, -0.25) is 9.88 Å². The fourth-order valence-electron chi connectivity index (χ4n) is 4.02. The fourth-order valence-corrected chi connectivity index (χ4v) is 4.02. The van der Waals surface area contributed by atoms with Gasteiger partial charge in [-0.25, -0.2) is 0 Å². The number of hydrogen-bond acceptors (Lipinski definition) is 2. The molecule has 3 aliphatic rings. The number of pyridine rings is 1. The Bertz CT molecular complexity index is 608. The zero-order valence-electron chi connectivity index (χ0n) is 12.4. The molecule has 0 radical (unpaired) electrons. The van der Waals surface area contributed by atoms with Crippen LogP contribution in [-0.2, 0) is 19.4 Å². The minimum absolute atomic E-state index is 0.705. The molecule has 1 aromatic heterocycles. The summed E-state index contributed by atoms with van der Waals surface area (Å²) in [6, 6.07) is 14.1. The Balaban J connectivity index is 1.59.